The lowest BCUT2D eigenvalue weighted by Crippen LogP contribution is -2.47. The van der Waals surface area contributed by atoms with Crippen molar-refractivity contribution >= 4 is 5.91 Å². The summed E-state index contributed by atoms with van der Waals surface area (Å²) >= 11 is 0. The minimum atomic E-state index is 0.00387. The Hall–Kier alpha value is -2.47. The fraction of sp³-hybridized carbons (Fsp3) is 0.421. The Morgan fingerprint density at radius 1 is 1.20 bits per heavy atom. The molecule has 1 amide bonds. The Morgan fingerprint density at radius 2 is 2.00 bits per heavy atom. The summed E-state index contributed by atoms with van der Waals surface area (Å²) < 4.78 is 10.9. The van der Waals surface area contributed by atoms with Gasteiger partial charge in [-0.2, -0.15) is 10.2 Å². The Morgan fingerprint density at radius 3 is 2.64 bits per heavy atom. The van der Waals surface area contributed by atoms with Gasteiger partial charge in [0.05, 0.1) is 31.2 Å². The van der Waals surface area contributed by atoms with Gasteiger partial charge in [0, 0.05) is 26.1 Å². The summed E-state index contributed by atoms with van der Waals surface area (Å²) in [5, 5.41) is 7.53. The lowest BCUT2D eigenvalue weighted by Gasteiger charge is -2.38. The zero-order chi connectivity index (χ0) is 17.6. The summed E-state index contributed by atoms with van der Waals surface area (Å²) in [5.41, 5.74) is 1.79. The molecule has 0 N–H and O–H groups in total. The van der Waals surface area contributed by atoms with E-state index >= 15 is 0 Å². The molecule has 1 saturated heterocycles. The van der Waals surface area contributed by atoms with Crippen molar-refractivity contribution < 1.29 is 14.3 Å². The van der Waals surface area contributed by atoms with E-state index in [2.05, 4.69) is 22.3 Å². The van der Waals surface area contributed by atoms with Gasteiger partial charge in [-0.15, -0.1) is 0 Å². The molecule has 1 aliphatic rings. The van der Waals surface area contributed by atoms with E-state index in [-0.39, 0.29) is 17.9 Å². The van der Waals surface area contributed by atoms with Crippen LogP contribution in [0.2, 0.25) is 0 Å². The van der Waals surface area contributed by atoms with Crippen molar-refractivity contribution in [2.75, 3.05) is 27.3 Å². The highest BCUT2D eigenvalue weighted by Crippen LogP contribution is 2.25. The number of likely N-dealkylation sites (tertiary alicyclic amines) is 1. The number of hydrogen-bond acceptors (Lipinski definition) is 5. The number of rotatable bonds is 5. The highest BCUT2D eigenvalue weighted by atomic mass is 16.5. The van der Waals surface area contributed by atoms with Crippen LogP contribution in [0.25, 0.3) is 0 Å². The maximum Gasteiger partial charge on any atom is 0.255 e. The molecule has 0 unspecified atom stereocenters. The summed E-state index contributed by atoms with van der Waals surface area (Å²) in [4.78, 5) is 14.6. The molecule has 1 fully saturated rings. The van der Waals surface area contributed by atoms with E-state index in [1.54, 1.807) is 26.5 Å². The van der Waals surface area contributed by atoms with Gasteiger partial charge >= 0.3 is 0 Å². The average molecular weight is 341 g/mol. The number of carbonyl (C=O) groups is 1. The second-order valence-electron chi connectivity index (χ2n) is 6.26. The first-order valence-electron chi connectivity index (χ1n) is 8.43. The normalized spacial score (nSPS) is 20.3. The molecular formula is C19H23N3O3. The van der Waals surface area contributed by atoms with Gasteiger partial charge in [-0.3, -0.25) is 4.79 Å². The predicted molar refractivity (Wildman–Crippen MR) is 93.5 cm³/mol. The van der Waals surface area contributed by atoms with E-state index in [4.69, 9.17) is 9.47 Å². The molecular weight excluding hydrogens is 318 g/mol. The van der Waals surface area contributed by atoms with Gasteiger partial charge in [0.2, 0.25) is 0 Å². The maximum absolute atomic E-state index is 12.7. The monoisotopic (exact) mass is 341 g/mol. The molecule has 1 aliphatic heterocycles. The van der Waals surface area contributed by atoms with Crippen molar-refractivity contribution in [2.45, 2.75) is 18.9 Å². The Kier molecular flexibility index (Phi) is 5.60. The molecule has 1 aromatic heterocycles. The molecule has 1 aromatic carbocycles. The van der Waals surface area contributed by atoms with Crippen LogP contribution >= 0.6 is 0 Å². The van der Waals surface area contributed by atoms with Crippen LogP contribution in [0.4, 0.5) is 0 Å². The van der Waals surface area contributed by atoms with Crippen LogP contribution in [0.15, 0.2) is 42.7 Å². The van der Waals surface area contributed by atoms with Crippen LogP contribution in [0.5, 0.6) is 5.75 Å². The van der Waals surface area contributed by atoms with Crippen LogP contribution in [0.3, 0.4) is 0 Å². The van der Waals surface area contributed by atoms with Crippen molar-refractivity contribution in [3.8, 4) is 5.75 Å². The molecule has 6 heteroatoms. The molecule has 2 aromatic rings. The van der Waals surface area contributed by atoms with E-state index in [1.807, 2.05) is 17.0 Å². The second-order valence-corrected chi connectivity index (χ2v) is 6.26. The molecule has 6 nitrogen and oxygen atoms in total. The van der Waals surface area contributed by atoms with Gasteiger partial charge < -0.3 is 14.4 Å². The number of ether oxygens (including phenoxy) is 2. The second kappa shape index (κ2) is 8.07. The van der Waals surface area contributed by atoms with Crippen molar-refractivity contribution in [3.05, 3.63) is 53.9 Å². The van der Waals surface area contributed by atoms with Gasteiger partial charge in [0.25, 0.3) is 5.91 Å². The standard InChI is InChI=1S/C19H23N3O3/c1-24-17-5-3-14(4-6-17)11-16-13-22(10-8-18(16)25-2)19(23)15-7-9-20-21-12-15/h3-7,9,12,16,18H,8,10-11,13H2,1-2H3/t16-,18-/m0/s1. The van der Waals surface area contributed by atoms with E-state index in [0.717, 1.165) is 18.6 Å². The Labute approximate surface area is 147 Å². The van der Waals surface area contributed by atoms with Gasteiger partial charge in [-0.05, 0) is 36.6 Å². The quantitative estimate of drug-likeness (QED) is 0.834. The molecule has 3 rings (SSSR count). The maximum atomic E-state index is 12.7. The number of benzene rings is 1. The fourth-order valence-corrected chi connectivity index (χ4v) is 3.37. The summed E-state index contributed by atoms with van der Waals surface area (Å²) in [6.07, 6.45) is 4.91. The topological polar surface area (TPSA) is 64.5 Å². The zero-order valence-corrected chi connectivity index (χ0v) is 14.6. The number of piperidine rings is 1. The van der Waals surface area contributed by atoms with Crippen LogP contribution < -0.4 is 4.74 Å². The number of amides is 1. The lowest BCUT2D eigenvalue weighted by atomic mass is 9.88. The third-order valence-electron chi connectivity index (χ3n) is 4.74. The highest BCUT2D eigenvalue weighted by molar-refractivity contribution is 5.93. The molecule has 2 atom stereocenters. The molecule has 132 valence electrons. The number of methoxy groups -OCH3 is 2. The smallest absolute Gasteiger partial charge is 0.255 e. The summed E-state index contributed by atoms with van der Waals surface area (Å²) in [6, 6.07) is 9.77. The molecule has 0 spiro atoms. The fourth-order valence-electron chi connectivity index (χ4n) is 3.37. The van der Waals surface area contributed by atoms with Crippen molar-refractivity contribution in [2.24, 2.45) is 5.92 Å². The van der Waals surface area contributed by atoms with Crippen LogP contribution in [-0.4, -0.2) is 54.4 Å². The van der Waals surface area contributed by atoms with Crippen LogP contribution in [-0.2, 0) is 11.2 Å². The molecule has 2 heterocycles. The highest BCUT2D eigenvalue weighted by Gasteiger charge is 2.32. The first kappa shape index (κ1) is 17.4. The largest absolute Gasteiger partial charge is 0.497 e. The number of carbonyl (C=O) groups excluding carboxylic acids is 1. The Bertz CT molecular complexity index is 691. The first-order valence-corrected chi connectivity index (χ1v) is 8.43. The molecule has 0 radical (unpaired) electrons. The molecule has 0 aliphatic carbocycles. The van der Waals surface area contributed by atoms with Gasteiger partial charge in [0.1, 0.15) is 5.75 Å². The van der Waals surface area contributed by atoms with Crippen LogP contribution in [0, 0.1) is 5.92 Å². The van der Waals surface area contributed by atoms with E-state index in [1.165, 1.54) is 11.8 Å². The third-order valence-corrected chi connectivity index (χ3v) is 4.74. The minimum absolute atomic E-state index is 0.00387. The molecule has 0 saturated carbocycles. The van der Waals surface area contributed by atoms with E-state index in [9.17, 15) is 4.79 Å². The Balaban J connectivity index is 1.70. The van der Waals surface area contributed by atoms with Crippen LogP contribution in [0.1, 0.15) is 22.3 Å². The van der Waals surface area contributed by atoms with E-state index < -0.39 is 0 Å². The summed E-state index contributed by atoms with van der Waals surface area (Å²) in [5.74, 6) is 1.10. The van der Waals surface area contributed by atoms with E-state index in [0.29, 0.717) is 18.7 Å². The van der Waals surface area contributed by atoms with Gasteiger partial charge in [-0.25, -0.2) is 0 Å². The predicted octanol–water partition coefficient (Wildman–Crippen LogP) is 2.21. The van der Waals surface area contributed by atoms with Gasteiger partial charge in [-0.1, -0.05) is 12.1 Å². The number of nitrogens with zero attached hydrogens (tertiary/aromatic N) is 3. The first-order chi connectivity index (χ1) is 12.2. The number of hydrogen-bond donors (Lipinski definition) is 0. The zero-order valence-electron chi connectivity index (χ0n) is 14.6. The third kappa shape index (κ3) is 4.14. The van der Waals surface area contributed by atoms with Gasteiger partial charge in [0.15, 0.2) is 0 Å². The van der Waals surface area contributed by atoms with Crippen molar-refractivity contribution in [1.29, 1.82) is 0 Å². The van der Waals surface area contributed by atoms with Crippen molar-refractivity contribution in [1.82, 2.24) is 15.1 Å². The average Bonchev–Trinajstić information content (AvgIpc) is 2.68. The number of aromatic nitrogens is 2. The lowest BCUT2D eigenvalue weighted by molar-refractivity contribution is -0.00301. The summed E-state index contributed by atoms with van der Waals surface area (Å²) in [6.45, 7) is 1.37. The summed E-state index contributed by atoms with van der Waals surface area (Å²) in [7, 11) is 3.41. The SMILES string of the molecule is COc1ccc(C[C@H]2CN(C(=O)c3ccnnc3)CC[C@@H]2OC)cc1. The van der Waals surface area contributed by atoms with Crippen molar-refractivity contribution in [3.63, 3.8) is 0 Å². The molecule has 25 heavy (non-hydrogen) atoms. The minimum Gasteiger partial charge on any atom is -0.497 e. The molecule has 0 bridgehead atoms.